The van der Waals surface area contributed by atoms with Crippen molar-refractivity contribution in [1.82, 2.24) is 0 Å². The van der Waals surface area contributed by atoms with Gasteiger partial charge in [0.1, 0.15) is 36.8 Å². The number of hydrogen-bond donors (Lipinski definition) is 4. The lowest BCUT2D eigenvalue weighted by atomic mass is 10.00. The molecule has 0 aromatic rings. The van der Waals surface area contributed by atoms with E-state index in [9.17, 15) is 37.9 Å². The second kappa shape index (κ2) is 33.1. The van der Waals surface area contributed by atoms with Crippen LogP contribution in [0.15, 0.2) is 24.3 Å². The van der Waals surface area contributed by atoms with Gasteiger partial charge < -0.3 is 34.3 Å². The molecule has 1 saturated heterocycles. The van der Waals surface area contributed by atoms with Crippen LogP contribution < -0.4 is 0 Å². The molecule has 0 aromatic heterocycles. The maximum Gasteiger partial charge on any atom is 0.306 e. The van der Waals surface area contributed by atoms with Crippen LogP contribution in [0, 0.1) is 0 Å². The molecule has 0 aliphatic carbocycles. The van der Waals surface area contributed by atoms with Crippen LogP contribution in [0.3, 0.4) is 0 Å². The number of carbonyl (C=O) groups is 2. The molecule has 0 spiro atoms. The third kappa shape index (κ3) is 28.2. The van der Waals surface area contributed by atoms with Crippen molar-refractivity contribution in [3.05, 3.63) is 24.3 Å². The Morgan fingerprint density at radius 2 is 1.04 bits per heavy atom. The molecule has 0 aromatic carbocycles. The van der Waals surface area contributed by atoms with Gasteiger partial charge in [-0.25, -0.2) is 0 Å². The zero-order valence-electron chi connectivity index (χ0n) is 34.0. The van der Waals surface area contributed by atoms with Gasteiger partial charge in [-0.2, -0.15) is 8.42 Å². The molecular weight excluding hydrogens is 729 g/mol. The van der Waals surface area contributed by atoms with Crippen LogP contribution in [0.25, 0.3) is 0 Å². The normalized spacial score (nSPS) is 21.0. The highest BCUT2D eigenvalue weighted by molar-refractivity contribution is 7.85. The fourth-order valence-electron chi connectivity index (χ4n) is 6.37. The van der Waals surface area contributed by atoms with E-state index in [1.807, 2.05) is 0 Å². The van der Waals surface area contributed by atoms with Crippen LogP contribution in [-0.4, -0.2) is 96.0 Å². The second-order valence-corrected chi connectivity index (χ2v) is 16.5. The topological polar surface area (TPSA) is 186 Å². The molecule has 12 nitrogen and oxygen atoms in total. The monoisotopic (exact) mass is 805 g/mol. The highest BCUT2D eigenvalue weighted by atomic mass is 32.2. The van der Waals surface area contributed by atoms with Crippen LogP contribution in [-0.2, 0) is 38.7 Å². The summed E-state index contributed by atoms with van der Waals surface area (Å²) in [6, 6.07) is 0. The summed E-state index contributed by atoms with van der Waals surface area (Å²) in [4.78, 5) is 25.3. The Kier molecular flexibility index (Phi) is 30.8. The number of aliphatic hydroxyl groups excluding tert-OH is 3. The summed E-state index contributed by atoms with van der Waals surface area (Å²) >= 11 is 0. The van der Waals surface area contributed by atoms with E-state index in [0.29, 0.717) is 12.8 Å². The molecule has 0 radical (unpaired) electrons. The van der Waals surface area contributed by atoms with E-state index in [4.69, 9.17) is 18.9 Å². The molecule has 1 heterocycles. The lowest BCUT2D eigenvalue weighted by Gasteiger charge is -2.40. The van der Waals surface area contributed by atoms with Crippen molar-refractivity contribution in [2.24, 2.45) is 0 Å². The average Bonchev–Trinajstić information content (AvgIpc) is 3.14. The van der Waals surface area contributed by atoms with Gasteiger partial charge in [0.15, 0.2) is 12.4 Å². The SMILES string of the molecule is CCCCCCC/C=C/CCCCCCCC(=O)OC[C@H](CO[C@H]1O[C@H](CS(=O)(=O)O)[C@@H](O)C(O)C1O)OC(=O)CCCCC/C=C/CCCCCCCC. The first-order chi connectivity index (χ1) is 26.5. The minimum absolute atomic E-state index is 0.144. The van der Waals surface area contributed by atoms with E-state index in [2.05, 4.69) is 38.2 Å². The van der Waals surface area contributed by atoms with Crippen molar-refractivity contribution in [3.63, 3.8) is 0 Å². The maximum absolute atomic E-state index is 12.8. The Hall–Kier alpha value is -1.87. The standard InChI is InChI=1S/C42H76O12S/c1-3-5-7-9-11-13-15-17-19-20-22-24-26-28-30-37(43)51-32-35(33-52-42-41(47)40(46)39(45)36(54-42)34-55(48,49)50)53-38(44)31-29-27-25-23-21-18-16-14-12-10-8-6-4-2/h15,17-18,21,35-36,39-42,45-47H,3-14,16,19-20,22-34H2,1-2H3,(H,48,49,50)/b17-15+,21-18+/t35-,36-,39-,40?,41?,42+/m1/s1. The quantitative estimate of drug-likeness (QED) is 0.0209. The summed E-state index contributed by atoms with van der Waals surface area (Å²) in [5, 5.41) is 30.8. The highest BCUT2D eigenvalue weighted by Crippen LogP contribution is 2.24. The van der Waals surface area contributed by atoms with E-state index < -0.39 is 71.2 Å². The molecule has 0 amide bonds. The molecule has 0 saturated carbocycles. The number of ether oxygens (including phenoxy) is 4. The summed E-state index contributed by atoms with van der Waals surface area (Å²) in [6.07, 6.45) is 25.1. The van der Waals surface area contributed by atoms with E-state index >= 15 is 0 Å². The summed E-state index contributed by atoms with van der Waals surface area (Å²) in [5.41, 5.74) is 0. The van der Waals surface area contributed by atoms with E-state index in [-0.39, 0.29) is 19.4 Å². The number of allylic oxidation sites excluding steroid dienone is 4. The molecule has 13 heteroatoms. The smallest absolute Gasteiger partial charge is 0.306 e. The molecule has 55 heavy (non-hydrogen) atoms. The number of unbranched alkanes of at least 4 members (excludes halogenated alkanes) is 19. The van der Waals surface area contributed by atoms with Gasteiger partial charge in [-0.05, 0) is 64.2 Å². The lowest BCUT2D eigenvalue weighted by Crippen LogP contribution is -2.60. The van der Waals surface area contributed by atoms with Gasteiger partial charge in [-0.15, -0.1) is 0 Å². The second-order valence-electron chi connectivity index (χ2n) is 15.0. The summed E-state index contributed by atoms with van der Waals surface area (Å²) in [6.45, 7) is 3.71. The lowest BCUT2D eigenvalue weighted by molar-refractivity contribution is -0.297. The number of rotatable bonds is 35. The third-order valence-electron chi connectivity index (χ3n) is 9.75. The molecular formula is C42H76O12S. The van der Waals surface area contributed by atoms with Crippen molar-refractivity contribution < 1.29 is 56.8 Å². The Morgan fingerprint density at radius 3 is 1.53 bits per heavy atom. The summed E-state index contributed by atoms with van der Waals surface area (Å²) in [5.74, 6) is -2.01. The summed E-state index contributed by atoms with van der Waals surface area (Å²) < 4.78 is 53.9. The first kappa shape index (κ1) is 51.1. The van der Waals surface area contributed by atoms with Gasteiger partial charge in [0.05, 0.1) is 6.61 Å². The van der Waals surface area contributed by atoms with Crippen LogP contribution >= 0.6 is 0 Å². The predicted molar refractivity (Wildman–Crippen MR) is 215 cm³/mol. The van der Waals surface area contributed by atoms with Crippen molar-refractivity contribution in [2.45, 2.75) is 211 Å². The minimum Gasteiger partial charge on any atom is -0.462 e. The zero-order chi connectivity index (χ0) is 40.6. The third-order valence-corrected chi connectivity index (χ3v) is 10.5. The first-order valence-corrected chi connectivity index (χ1v) is 23.0. The van der Waals surface area contributed by atoms with Crippen LogP contribution in [0.4, 0.5) is 0 Å². The fourth-order valence-corrected chi connectivity index (χ4v) is 7.06. The van der Waals surface area contributed by atoms with Gasteiger partial charge in [0.2, 0.25) is 0 Å². The molecule has 1 aliphatic heterocycles. The van der Waals surface area contributed by atoms with Crippen molar-refractivity contribution >= 4 is 22.1 Å². The fraction of sp³-hybridized carbons (Fsp3) is 0.857. The number of aliphatic hydroxyl groups is 3. The van der Waals surface area contributed by atoms with Gasteiger partial charge in [-0.3, -0.25) is 14.1 Å². The zero-order valence-corrected chi connectivity index (χ0v) is 34.9. The molecule has 2 unspecified atom stereocenters. The Balaban J connectivity index is 2.50. The van der Waals surface area contributed by atoms with Crippen LogP contribution in [0.1, 0.15) is 174 Å². The Bertz CT molecular complexity index is 1130. The van der Waals surface area contributed by atoms with E-state index in [1.54, 1.807) is 0 Å². The molecule has 322 valence electrons. The van der Waals surface area contributed by atoms with Gasteiger partial charge in [-0.1, -0.05) is 122 Å². The van der Waals surface area contributed by atoms with Gasteiger partial charge >= 0.3 is 11.9 Å². The van der Waals surface area contributed by atoms with Crippen molar-refractivity contribution in [1.29, 1.82) is 0 Å². The number of hydrogen-bond acceptors (Lipinski definition) is 11. The van der Waals surface area contributed by atoms with Crippen molar-refractivity contribution in [3.8, 4) is 0 Å². The summed E-state index contributed by atoms with van der Waals surface area (Å²) in [7, 11) is -4.60. The maximum atomic E-state index is 12.8. The largest absolute Gasteiger partial charge is 0.462 e. The van der Waals surface area contributed by atoms with Gasteiger partial charge in [0, 0.05) is 12.8 Å². The molecule has 6 atom stereocenters. The molecule has 4 N–H and O–H groups in total. The van der Waals surface area contributed by atoms with Crippen LogP contribution in [0.5, 0.6) is 0 Å². The molecule has 1 fully saturated rings. The van der Waals surface area contributed by atoms with E-state index in [0.717, 1.165) is 64.2 Å². The first-order valence-electron chi connectivity index (χ1n) is 21.4. The average molecular weight is 805 g/mol. The van der Waals surface area contributed by atoms with Crippen molar-refractivity contribution in [2.75, 3.05) is 19.0 Å². The highest BCUT2D eigenvalue weighted by Gasteiger charge is 2.46. The molecule has 1 rings (SSSR count). The minimum atomic E-state index is -4.60. The number of carbonyl (C=O) groups excluding carboxylic acids is 2. The van der Waals surface area contributed by atoms with E-state index in [1.165, 1.54) is 70.6 Å². The van der Waals surface area contributed by atoms with Gasteiger partial charge in [0.25, 0.3) is 10.1 Å². The number of esters is 2. The predicted octanol–water partition coefficient (Wildman–Crippen LogP) is 8.06. The molecule has 1 aliphatic rings. The Morgan fingerprint density at radius 1 is 0.600 bits per heavy atom. The van der Waals surface area contributed by atoms with Crippen LogP contribution in [0.2, 0.25) is 0 Å². The Labute approximate surface area is 332 Å². The molecule has 0 bridgehead atoms.